The second-order valence-corrected chi connectivity index (χ2v) is 25.6. The van der Waals surface area contributed by atoms with E-state index in [4.69, 9.17) is 18.3 Å². The molecule has 7 heteroatoms. The molecule has 0 aliphatic carbocycles. The van der Waals surface area contributed by atoms with Gasteiger partial charge in [0.05, 0.1) is 24.9 Å². The van der Waals surface area contributed by atoms with Gasteiger partial charge in [-0.2, -0.15) is 0 Å². The summed E-state index contributed by atoms with van der Waals surface area (Å²) in [4.78, 5) is 13.4. The number of ether oxygens (including phenoxy) is 2. The minimum absolute atomic E-state index is 0.0422. The van der Waals surface area contributed by atoms with Gasteiger partial charge in [-0.15, -0.1) is 0 Å². The number of esters is 1. The van der Waals surface area contributed by atoms with E-state index < -0.39 is 22.7 Å². The van der Waals surface area contributed by atoms with Crippen LogP contribution in [-0.2, 0) is 23.1 Å². The average Bonchev–Trinajstić information content (AvgIpc) is 3.04. The molecule has 272 valence electrons. The van der Waals surface area contributed by atoms with Crippen molar-refractivity contribution in [2.24, 2.45) is 0 Å². The fraction of sp³-hybridized carbons (Fsp3) is 0.512. The molecular formula is C43H62O5Si2. The van der Waals surface area contributed by atoms with E-state index in [1.165, 1.54) is 15.9 Å². The Balaban J connectivity index is 1.67. The zero-order valence-electron chi connectivity index (χ0n) is 32.0. The Morgan fingerprint density at radius 2 is 1.44 bits per heavy atom. The first kappa shape index (κ1) is 40.0. The first-order valence-corrected chi connectivity index (χ1v) is 23.4. The maximum absolute atomic E-state index is 13.4. The van der Waals surface area contributed by atoms with Gasteiger partial charge in [0.15, 0.2) is 8.32 Å². The molecule has 0 amide bonds. The van der Waals surface area contributed by atoms with Gasteiger partial charge in [0.1, 0.15) is 6.10 Å². The van der Waals surface area contributed by atoms with Crippen LogP contribution in [0.5, 0.6) is 0 Å². The molecule has 4 rings (SSSR count). The van der Waals surface area contributed by atoms with Crippen LogP contribution in [0.15, 0.2) is 109 Å². The Morgan fingerprint density at radius 3 is 2.04 bits per heavy atom. The van der Waals surface area contributed by atoms with Crippen LogP contribution in [0.25, 0.3) is 0 Å². The highest BCUT2D eigenvalue weighted by molar-refractivity contribution is 6.99. The Bertz CT molecular complexity index is 1430. The summed E-state index contributed by atoms with van der Waals surface area (Å²) in [6, 6.07) is 21.2. The summed E-state index contributed by atoms with van der Waals surface area (Å²) in [5, 5.41) is 2.27. The molecule has 2 aromatic rings. The second-order valence-electron chi connectivity index (χ2n) is 16.6. The number of carbonyl (C=O) groups is 1. The number of benzene rings is 2. The van der Waals surface area contributed by atoms with Crippen molar-refractivity contribution in [1.29, 1.82) is 0 Å². The zero-order valence-corrected chi connectivity index (χ0v) is 34.0. The lowest BCUT2D eigenvalue weighted by Crippen LogP contribution is -2.67. The molecule has 0 saturated carbocycles. The van der Waals surface area contributed by atoms with E-state index >= 15 is 0 Å². The molecule has 2 aromatic carbocycles. The molecule has 4 atom stereocenters. The number of hydrogen-bond donors (Lipinski definition) is 0. The van der Waals surface area contributed by atoms with Gasteiger partial charge in [-0.3, -0.25) is 0 Å². The summed E-state index contributed by atoms with van der Waals surface area (Å²) in [6.07, 6.45) is 17.4. The SMILES string of the molecule is C=C1CCC[C@@H]2CC=C[C@@H](C/C=C\C(=O)O[C@H](CO[Si](c3ccccc3)(c3ccccc3)C(C)(C)C)C/C=C/[C@@H](O[Si](C)(C)C(C)(C)C)C1)O2. The topological polar surface area (TPSA) is 54.0 Å². The summed E-state index contributed by atoms with van der Waals surface area (Å²) in [6.45, 7) is 23.0. The third-order valence-corrected chi connectivity index (χ3v) is 20.0. The van der Waals surface area contributed by atoms with E-state index in [2.05, 4.69) is 134 Å². The average molecular weight is 715 g/mol. The first-order valence-electron chi connectivity index (χ1n) is 18.6. The number of hydrogen-bond acceptors (Lipinski definition) is 5. The molecule has 0 aromatic heterocycles. The van der Waals surface area contributed by atoms with Crippen LogP contribution >= 0.6 is 0 Å². The van der Waals surface area contributed by atoms with Gasteiger partial charge in [0, 0.05) is 12.5 Å². The number of fused-ring (bicyclic) bond motifs is 2. The van der Waals surface area contributed by atoms with Crippen molar-refractivity contribution in [2.45, 2.75) is 134 Å². The molecule has 2 aliphatic rings. The lowest BCUT2D eigenvalue weighted by molar-refractivity contribution is -0.144. The standard InChI is InChI=1S/C43H62O5Si2/c1-34-20-16-21-35-22-17-23-36(46-35)24-19-31-41(44)47-38(26-18-25-37(32-34)48-49(8,9)42(2,3)4)33-45-50(43(5,6)7,39-27-12-10-13-28-39)40-29-14-11-15-30-40/h10-15,17-19,23,25,27-31,35-38H,1,16,20-22,24,26,32-33H2,2-9H3/b25-18+,31-19-/t35-,36+,37-,38+/m1/s1. The van der Waals surface area contributed by atoms with Crippen LogP contribution in [0, 0.1) is 0 Å². The summed E-state index contributed by atoms with van der Waals surface area (Å²) >= 11 is 0. The third kappa shape index (κ3) is 10.8. The summed E-state index contributed by atoms with van der Waals surface area (Å²) in [5.41, 5.74) is 1.20. The first-order chi connectivity index (χ1) is 23.6. The zero-order chi connectivity index (χ0) is 36.4. The van der Waals surface area contributed by atoms with E-state index in [0.717, 1.165) is 32.1 Å². The van der Waals surface area contributed by atoms with Gasteiger partial charge in [0.2, 0.25) is 0 Å². The van der Waals surface area contributed by atoms with Crippen LogP contribution < -0.4 is 10.4 Å². The Kier molecular flexibility index (Phi) is 14.1. The van der Waals surface area contributed by atoms with Crippen LogP contribution in [0.4, 0.5) is 0 Å². The van der Waals surface area contributed by atoms with Crippen molar-refractivity contribution >= 4 is 33.0 Å². The monoisotopic (exact) mass is 714 g/mol. The largest absolute Gasteiger partial charge is 0.456 e. The predicted molar refractivity (Wildman–Crippen MR) is 213 cm³/mol. The normalized spacial score (nSPS) is 24.9. The van der Waals surface area contributed by atoms with Gasteiger partial charge in [-0.1, -0.05) is 145 Å². The highest BCUT2D eigenvalue weighted by atomic mass is 28.4. The molecule has 0 N–H and O–H groups in total. The molecule has 2 heterocycles. The lowest BCUT2D eigenvalue weighted by atomic mass is 9.99. The summed E-state index contributed by atoms with van der Waals surface area (Å²) in [7, 11) is -4.91. The van der Waals surface area contributed by atoms with Crippen LogP contribution in [-0.4, -0.2) is 53.6 Å². The van der Waals surface area contributed by atoms with Crippen LogP contribution in [0.3, 0.4) is 0 Å². The van der Waals surface area contributed by atoms with Gasteiger partial charge in [-0.05, 0) is 72.1 Å². The fourth-order valence-corrected chi connectivity index (χ4v) is 12.6. The van der Waals surface area contributed by atoms with Gasteiger partial charge in [0.25, 0.3) is 8.32 Å². The van der Waals surface area contributed by atoms with E-state index in [9.17, 15) is 4.79 Å². The van der Waals surface area contributed by atoms with Crippen molar-refractivity contribution < 1.29 is 23.1 Å². The van der Waals surface area contributed by atoms with Gasteiger partial charge in [-0.25, -0.2) is 4.79 Å². The fourth-order valence-electron chi connectivity index (χ4n) is 6.73. The van der Waals surface area contributed by atoms with Crippen molar-refractivity contribution in [3.63, 3.8) is 0 Å². The highest BCUT2D eigenvalue weighted by Gasteiger charge is 2.50. The smallest absolute Gasteiger partial charge is 0.330 e. The van der Waals surface area contributed by atoms with E-state index in [1.807, 2.05) is 18.2 Å². The molecule has 2 bridgehead atoms. The van der Waals surface area contributed by atoms with Gasteiger partial charge >= 0.3 is 5.97 Å². The maximum atomic E-state index is 13.4. The number of cyclic esters (lactones) is 1. The molecule has 2 aliphatic heterocycles. The Morgan fingerprint density at radius 1 is 0.820 bits per heavy atom. The Labute approximate surface area is 305 Å². The Hall–Kier alpha value is -2.82. The van der Waals surface area contributed by atoms with Crippen LogP contribution in [0.1, 0.15) is 86.5 Å². The third-order valence-electron chi connectivity index (χ3n) is 10.5. The van der Waals surface area contributed by atoms with Crippen LogP contribution in [0.2, 0.25) is 23.2 Å². The minimum Gasteiger partial charge on any atom is -0.456 e. The van der Waals surface area contributed by atoms with E-state index in [1.54, 1.807) is 6.08 Å². The van der Waals surface area contributed by atoms with Crippen molar-refractivity contribution in [1.82, 2.24) is 0 Å². The molecule has 0 saturated heterocycles. The number of carbonyl (C=O) groups excluding carboxylic acids is 1. The van der Waals surface area contributed by atoms with Crippen molar-refractivity contribution in [3.05, 3.63) is 109 Å². The maximum Gasteiger partial charge on any atom is 0.330 e. The highest BCUT2D eigenvalue weighted by Crippen LogP contribution is 2.39. The molecule has 0 unspecified atom stereocenters. The lowest BCUT2D eigenvalue weighted by Gasteiger charge is -2.43. The minimum atomic E-state index is -2.84. The van der Waals surface area contributed by atoms with E-state index in [0.29, 0.717) is 12.8 Å². The summed E-state index contributed by atoms with van der Waals surface area (Å²) < 4.78 is 26.8. The van der Waals surface area contributed by atoms with Crippen molar-refractivity contribution in [2.75, 3.05) is 6.61 Å². The van der Waals surface area contributed by atoms with Gasteiger partial charge < -0.3 is 18.3 Å². The molecule has 50 heavy (non-hydrogen) atoms. The number of rotatable bonds is 7. The molecule has 5 nitrogen and oxygen atoms in total. The van der Waals surface area contributed by atoms with E-state index in [-0.39, 0.29) is 41.0 Å². The quantitative estimate of drug-likeness (QED) is 0.163. The molecule has 0 fully saturated rings. The molecule has 0 radical (unpaired) electrons. The van der Waals surface area contributed by atoms with Crippen molar-refractivity contribution in [3.8, 4) is 0 Å². The predicted octanol–water partition coefficient (Wildman–Crippen LogP) is 9.60. The molecule has 0 spiro atoms. The second kappa shape index (κ2) is 17.6. The summed E-state index contributed by atoms with van der Waals surface area (Å²) in [5.74, 6) is -0.366. The molecular weight excluding hydrogens is 653 g/mol.